The Morgan fingerprint density at radius 2 is 2.12 bits per heavy atom. The molecule has 0 spiro atoms. The summed E-state index contributed by atoms with van der Waals surface area (Å²) < 4.78 is 1.63. The molecule has 24 heavy (non-hydrogen) atoms. The second-order valence-corrected chi connectivity index (χ2v) is 5.35. The van der Waals surface area contributed by atoms with E-state index in [1.54, 1.807) is 17.1 Å². The Morgan fingerprint density at radius 3 is 2.75 bits per heavy atom. The van der Waals surface area contributed by atoms with Crippen LogP contribution in [0.25, 0.3) is 11.6 Å². The predicted octanol–water partition coefficient (Wildman–Crippen LogP) is 1.57. The van der Waals surface area contributed by atoms with Crippen LogP contribution in [-0.4, -0.2) is 44.0 Å². The van der Waals surface area contributed by atoms with E-state index in [1.807, 2.05) is 43.3 Å². The van der Waals surface area contributed by atoms with Gasteiger partial charge in [0.1, 0.15) is 31.1 Å². The average Bonchev–Trinajstić information content (AvgIpc) is 3.25. The first-order valence-corrected chi connectivity index (χ1v) is 7.29. The fourth-order valence-corrected chi connectivity index (χ4v) is 2.14. The minimum absolute atomic E-state index is 0.365. The van der Waals surface area contributed by atoms with Crippen LogP contribution in [0.3, 0.4) is 0 Å². The molecular formula is C16H16N8. The van der Waals surface area contributed by atoms with Gasteiger partial charge in [0.05, 0.1) is 5.57 Å². The molecule has 0 amide bonds. The molecule has 8 nitrogen and oxygen atoms in total. The molecule has 0 saturated carbocycles. The molecule has 0 aliphatic carbocycles. The number of nitrogens with one attached hydrogen (secondary N) is 1. The normalized spacial score (nSPS) is 11.3. The first-order chi connectivity index (χ1) is 11.7. The molecule has 1 N–H and O–H groups in total. The van der Waals surface area contributed by atoms with E-state index in [0.29, 0.717) is 23.8 Å². The first kappa shape index (κ1) is 15.4. The molecule has 2 aromatic heterocycles. The van der Waals surface area contributed by atoms with E-state index >= 15 is 0 Å². The van der Waals surface area contributed by atoms with Gasteiger partial charge in [0.25, 0.3) is 0 Å². The highest BCUT2D eigenvalue weighted by Gasteiger charge is 2.09. The third-order valence-corrected chi connectivity index (χ3v) is 3.39. The van der Waals surface area contributed by atoms with Crippen LogP contribution in [0.15, 0.2) is 36.9 Å². The van der Waals surface area contributed by atoms with Crippen molar-refractivity contribution in [3.63, 3.8) is 0 Å². The van der Waals surface area contributed by atoms with Crippen LogP contribution in [0, 0.1) is 11.3 Å². The van der Waals surface area contributed by atoms with Gasteiger partial charge in [0.15, 0.2) is 5.82 Å². The van der Waals surface area contributed by atoms with Crippen molar-refractivity contribution in [1.29, 1.82) is 5.26 Å². The van der Waals surface area contributed by atoms with Gasteiger partial charge >= 0.3 is 0 Å². The van der Waals surface area contributed by atoms with Gasteiger partial charge in [-0.05, 0) is 23.8 Å². The summed E-state index contributed by atoms with van der Waals surface area (Å²) in [5.74, 6) is 0.976. The average molecular weight is 320 g/mol. The van der Waals surface area contributed by atoms with Crippen molar-refractivity contribution >= 4 is 17.3 Å². The van der Waals surface area contributed by atoms with Crippen molar-refractivity contribution in [2.75, 3.05) is 19.0 Å². The topological polar surface area (TPSA) is 99.3 Å². The van der Waals surface area contributed by atoms with E-state index in [2.05, 4.69) is 31.3 Å². The quantitative estimate of drug-likeness (QED) is 0.716. The second-order valence-electron chi connectivity index (χ2n) is 5.35. The number of nitrogens with zero attached hydrogens (tertiary/aromatic N) is 7. The van der Waals surface area contributed by atoms with Crippen LogP contribution in [0.4, 0.5) is 5.69 Å². The van der Waals surface area contributed by atoms with Crippen molar-refractivity contribution in [1.82, 2.24) is 29.9 Å². The van der Waals surface area contributed by atoms with Crippen molar-refractivity contribution in [2.24, 2.45) is 0 Å². The first-order valence-electron chi connectivity index (χ1n) is 7.29. The Morgan fingerprint density at radius 1 is 1.33 bits per heavy atom. The number of rotatable bonds is 5. The molecular weight excluding hydrogens is 304 g/mol. The maximum Gasteiger partial charge on any atom is 0.191 e. The van der Waals surface area contributed by atoms with E-state index in [0.717, 1.165) is 11.3 Å². The number of hydrogen-bond acceptors (Lipinski definition) is 6. The highest BCUT2D eigenvalue weighted by molar-refractivity contribution is 5.87. The summed E-state index contributed by atoms with van der Waals surface area (Å²) in [5.41, 5.74) is 2.41. The molecule has 3 aromatic rings. The van der Waals surface area contributed by atoms with E-state index in [4.69, 9.17) is 0 Å². The standard InChI is InChI=1S/C16H16N8/c1-23(2)14-5-3-12(4-6-14)7-13(8-17)16-20-15(21-22-16)9-24-11-18-10-19-24/h3-7,10-11H,9H2,1-2H3,(H,20,21,22)/b13-7+. The van der Waals surface area contributed by atoms with Crippen molar-refractivity contribution in [3.05, 3.63) is 54.1 Å². The minimum Gasteiger partial charge on any atom is -0.378 e. The molecule has 0 saturated heterocycles. The SMILES string of the molecule is CN(C)c1ccc(/C=C(\C#N)c2n[nH]c(Cn3cncn3)n2)cc1. The van der Waals surface area contributed by atoms with Crippen LogP contribution < -0.4 is 4.90 Å². The van der Waals surface area contributed by atoms with Gasteiger partial charge in [-0.3, -0.25) is 5.10 Å². The lowest BCUT2D eigenvalue weighted by atomic mass is 10.1. The molecule has 0 atom stereocenters. The van der Waals surface area contributed by atoms with Crippen LogP contribution in [-0.2, 0) is 6.54 Å². The molecule has 8 heteroatoms. The molecule has 2 heterocycles. The number of allylic oxidation sites excluding steroid dienone is 1. The summed E-state index contributed by atoms with van der Waals surface area (Å²) in [5, 5.41) is 20.3. The van der Waals surface area contributed by atoms with Crippen LogP contribution in [0.1, 0.15) is 17.2 Å². The fraction of sp³-hybridized carbons (Fsp3) is 0.188. The van der Waals surface area contributed by atoms with Crippen molar-refractivity contribution in [2.45, 2.75) is 6.54 Å². The Labute approximate surface area is 139 Å². The van der Waals surface area contributed by atoms with Gasteiger partial charge in [-0.1, -0.05) is 12.1 Å². The number of benzene rings is 1. The number of anilines is 1. The number of aromatic nitrogens is 6. The molecule has 0 fully saturated rings. The lowest BCUT2D eigenvalue weighted by molar-refractivity contribution is 0.655. The maximum absolute atomic E-state index is 9.40. The third kappa shape index (κ3) is 3.47. The van der Waals surface area contributed by atoms with Gasteiger partial charge in [0.2, 0.25) is 0 Å². The summed E-state index contributed by atoms with van der Waals surface area (Å²) in [6.45, 7) is 0.420. The van der Waals surface area contributed by atoms with E-state index in [1.165, 1.54) is 6.33 Å². The lowest BCUT2D eigenvalue weighted by Gasteiger charge is -2.11. The van der Waals surface area contributed by atoms with Crippen molar-refractivity contribution < 1.29 is 0 Å². The molecule has 1 aromatic carbocycles. The monoisotopic (exact) mass is 320 g/mol. The predicted molar refractivity (Wildman–Crippen MR) is 89.8 cm³/mol. The van der Waals surface area contributed by atoms with E-state index in [9.17, 15) is 5.26 Å². The molecule has 0 aliphatic rings. The maximum atomic E-state index is 9.40. The number of H-pyrrole nitrogens is 1. The van der Waals surface area contributed by atoms with Crippen LogP contribution in [0.5, 0.6) is 0 Å². The largest absolute Gasteiger partial charge is 0.378 e. The summed E-state index contributed by atoms with van der Waals surface area (Å²) in [6.07, 6.45) is 4.81. The number of aromatic amines is 1. The zero-order valence-electron chi connectivity index (χ0n) is 13.4. The Balaban J connectivity index is 1.81. The van der Waals surface area contributed by atoms with Gasteiger partial charge in [-0.15, -0.1) is 0 Å². The minimum atomic E-state index is 0.365. The summed E-state index contributed by atoms with van der Waals surface area (Å²) in [7, 11) is 3.96. The fourth-order valence-electron chi connectivity index (χ4n) is 2.14. The van der Waals surface area contributed by atoms with E-state index < -0.39 is 0 Å². The molecule has 0 aliphatic heterocycles. The van der Waals surface area contributed by atoms with Crippen LogP contribution >= 0.6 is 0 Å². The second kappa shape index (κ2) is 6.75. The summed E-state index contributed by atoms with van der Waals surface area (Å²) >= 11 is 0. The Kier molecular flexibility index (Phi) is 4.34. The highest BCUT2D eigenvalue weighted by atomic mass is 15.3. The molecule has 120 valence electrons. The van der Waals surface area contributed by atoms with Gasteiger partial charge in [0, 0.05) is 19.8 Å². The number of nitriles is 1. The Hall–Kier alpha value is -3.47. The Bertz CT molecular complexity index is 866. The highest BCUT2D eigenvalue weighted by Crippen LogP contribution is 2.17. The van der Waals surface area contributed by atoms with E-state index in [-0.39, 0.29) is 0 Å². The zero-order valence-corrected chi connectivity index (χ0v) is 13.4. The molecule has 0 bridgehead atoms. The summed E-state index contributed by atoms with van der Waals surface area (Å²) in [4.78, 5) is 10.2. The third-order valence-electron chi connectivity index (χ3n) is 3.39. The molecule has 3 rings (SSSR count). The van der Waals surface area contributed by atoms with Gasteiger partial charge in [-0.2, -0.15) is 15.5 Å². The van der Waals surface area contributed by atoms with Gasteiger partial charge in [-0.25, -0.2) is 14.6 Å². The zero-order chi connectivity index (χ0) is 16.9. The smallest absolute Gasteiger partial charge is 0.191 e. The van der Waals surface area contributed by atoms with Crippen LogP contribution in [0.2, 0.25) is 0 Å². The van der Waals surface area contributed by atoms with Gasteiger partial charge < -0.3 is 4.90 Å². The van der Waals surface area contributed by atoms with Crippen molar-refractivity contribution in [3.8, 4) is 6.07 Å². The molecule has 0 radical (unpaired) electrons. The number of hydrogen-bond donors (Lipinski definition) is 1. The molecule has 0 unspecified atom stereocenters. The lowest BCUT2D eigenvalue weighted by Crippen LogP contribution is -2.07. The summed E-state index contributed by atoms with van der Waals surface area (Å²) in [6, 6.07) is 10.0.